The van der Waals surface area contributed by atoms with Crippen molar-refractivity contribution in [2.75, 3.05) is 19.6 Å². The lowest BCUT2D eigenvalue weighted by atomic mass is 10.1. The minimum atomic E-state index is -0.249. The van der Waals surface area contributed by atoms with Gasteiger partial charge in [0.05, 0.1) is 18.2 Å². The molecule has 1 fully saturated rings. The van der Waals surface area contributed by atoms with Crippen LogP contribution in [0.15, 0.2) is 53.1 Å². The number of carbonyl (C=O) groups is 3. The summed E-state index contributed by atoms with van der Waals surface area (Å²) >= 11 is 9.51. The van der Waals surface area contributed by atoms with Crippen LogP contribution in [-0.2, 0) is 16.1 Å². The quantitative estimate of drug-likeness (QED) is 0.370. The molecule has 2 heterocycles. The molecule has 1 atom stereocenters. The number of hydrogen-bond donors (Lipinski definition) is 2. The van der Waals surface area contributed by atoms with Crippen LogP contribution >= 0.6 is 27.5 Å². The normalized spacial score (nSPS) is 14.3. The standard InChI is InChI=1S/C25H26BrClN4O4/c1-2-19(35-20-5-3-4-17(27)9-20)10-28-25(34)22-13-31(23-7-6-16(26)8-21(22)23)14-24(33)29-18-11-30(12-18)15-32/h3-9,13,15,18-19H,2,10-12,14H2,1H3,(H,28,34)(H,29,33). The molecule has 1 aliphatic rings. The number of fused-ring (bicyclic) bond motifs is 1. The molecule has 10 heteroatoms. The largest absolute Gasteiger partial charge is 0.489 e. The fraction of sp³-hybridized carbons (Fsp3) is 0.320. The fourth-order valence-corrected chi connectivity index (χ4v) is 4.54. The Morgan fingerprint density at radius 1 is 1.26 bits per heavy atom. The number of benzene rings is 2. The van der Waals surface area contributed by atoms with Crippen LogP contribution < -0.4 is 15.4 Å². The highest BCUT2D eigenvalue weighted by Gasteiger charge is 2.27. The van der Waals surface area contributed by atoms with E-state index < -0.39 is 0 Å². The average molecular weight is 562 g/mol. The van der Waals surface area contributed by atoms with Crippen molar-refractivity contribution >= 4 is 56.7 Å². The molecule has 3 amide bonds. The first kappa shape index (κ1) is 25.1. The molecule has 8 nitrogen and oxygen atoms in total. The van der Waals surface area contributed by atoms with Gasteiger partial charge in [0.25, 0.3) is 5.91 Å². The molecule has 0 radical (unpaired) electrons. The molecule has 2 aromatic carbocycles. The van der Waals surface area contributed by atoms with Gasteiger partial charge in [-0.25, -0.2) is 0 Å². The van der Waals surface area contributed by atoms with Crippen molar-refractivity contribution in [2.45, 2.75) is 32.0 Å². The molecule has 1 aromatic heterocycles. The Morgan fingerprint density at radius 3 is 2.77 bits per heavy atom. The van der Waals surface area contributed by atoms with Gasteiger partial charge in [0.15, 0.2) is 0 Å². The molecule has 0 saturated carbocycles. The molecular weight excluding hydrogens is 536 g/mol. The molecule has 35 heavy (non-hydrogen) atoms. The maximum absolute atomic E-state index is 13.1. The van der Waals surface area contributed by atoms with E-state index in [1.807, 2.05) is 37.3 Å². The van der Waals surface area contributed by atoms with Gasteiger partial charge in [0.2, 0.25) is 12.3 Å². The summed E-state index contributed by atoms with van der Waals surface area (Å²) in [6.45, 7) is 3.39. The molecule has 1 unspecified atom stereocenters. The van der Waals surface area contributed by atoms with Crippen LogP contribution in [0.3, 0.4) is 0 Å². The number of rotatable bonds is 10. The second-order valence-electron chi connectivity index (χ2n) is 8.47. The third kappa shape index (κ3) is 6.15. The van der Waals surface area contributed by atoms with Crippen LogP contribution in [0.4, 0.5) is 0 Å². The van der Waals surface area contributed by atoms with Crippen molar-refractivity contribution in [3.8, 4) is 5.75 Å². The number of likely N-dealkylation sites (tertiary alicyclic amines) is 1. The highest BCUT2D eigenvalue weighted by atomic mass is 79.9. The summed E-state index contributed by atoms with van der Waals surface area (Å²) in [5.41, 5.74) is 1.25. The van der Waals surface area contributed by atoms with Gasteiger partial charge in [0, 0.05) is 39.7 Å². The van der Waals surface area contributed by atoms with Gasteiger partial charge in [-0.15, -0.1) is 0 Å². The second-order valence-corrected chi connectivity index (χ2v) is 9.82. The van der Waals surface area contributed by atoms with E-state index in [1.54, 1.807) is 27.8 Å². The third-order valence-corrected chi connectivity index (χ3v) is 6.60. The van der Waals surface area contributed by atoms with E-state index in [2.05, 4.69) is 26.6 Å². The average Bonchev–Trinajstić information content (AvgIpc) is 3.15. The van der Waals surface area contributed by atoms with Crippen molar-refractivity contribution in [1.29, 1.82) is 0 Å². The zero-order valence-corrected chi connectivity index (χ0v) is 21.5. The molecule has 2 N–H and O–H groups in total. The summed E-state index contributed by atoms with van der Waals surface area (Å²) < 4.78 is 8.57. The Morgan fingerprint density at radius 2 is 2.06 bits per heavy atom. The van der Waals surface area contributed by atoms with Crippen LogP contribution in [0, 0.1) is 0 Å². The van der Waals surface area contributed by atoms with Crippen LogP contribution in [0.5, 0.6) is 5.75 Å². The lowest BCUT2D eigenvalue weighted by Gasteiger charge is -2.36. The van der Waals surface area contributed by atoms with Crippen LogP contribution in [0.2, 0.25) is 5.02 Å². The Labute approximate surface area is 216 Å². The monoisotopic (exact) mass is 560 g/mol. The second kappa shape index (κ2) is 11.1. The predicted octanol–water partition coefficient (Wildman–Crippen LogP) is 3.60. The first-order valence-electron chi connectivity index (χ1n) is 11.3. The fourth-order valence-electron chi connectivity index (χ4n) is 4.00. The number of nitrogens with zero attached hydrogens (tertiary/aromatic N) is 2. The van der Waals surface area contributed by atoms with Crippen molar-refractivity contribution in [2.24, 2.45) is 0 Å². The Balaban J connectivity index is 1.44. The molecule has 1 saturated heterocycles. The number of hydrogen-bond acceptors (Lipinski definition) is 4. The van der Waals surface area contributed by atoms with E-state index in [1.165, 1.54) is 0 Å². The SMILES string of the molecule is CCC(CNC(=O)c1cn(CC(=O)NC2CN(C=O)C2)c2ccc(Br)cc12)Oc1cccc(Cl)c1. The van der Waals surface area contributed by atoms with Gasteiger partial charge in [-0.2, -0.15) is 0 Å². The summed E-state index contributed by atoms with van der Waals surface area (Å²) in [5, 5.41) is 7.21. The summed E-state index contributed by atoms with van der Waals surface area (Å²) in [4.78, 5) is 38.0. The number of carbonyl (C=O) groups excluding carboxylic acids is 3. The number of ether oxygens (including phenoxy) is 1. The van der Waals surface area contributed by atoms with Gasteiger partial charge < -0.3 is 24.8 Å². The Bertz CT molecular complexity index is 1240. The highest BCUT2D eigenvalue weighted by molar-refractivity contribution is 9.10. The Hall–Kier alpha value is -3.04. The number of amides is 3. The van der Waals surface area contributed by atoms with E-state index in [0.29, 0.717) is 42.4 Å². The zero-order valence-electron chi connectivity index (χ0n) is 19.2. The van der Waals surface area contributed by atoms with Crippen molar-refractivity contribution in [1.82, 2.24) is 20.1 Å². The molecule has 4 rings (SSSR count). The number of aromatic nitrogens is 1. The van der Waals surface area contributed by atoms with Gasteiger partial charge >= 0.3 is 0 Å². The summed E-state index contributed by atoms with van der Waals surface area (Å²) in [7, 11) is 0. The molecule has 3 aromatic rings. The van der Waals surface area contributed by atoms with Gasteiger partial charge in [-0.3, -0.25) is 14.4 Å². The summed E-state index contributed by atoms with van der Waals surface area (Å²) in [5.74, 6) is 0.224. The van der Waals surface area contributed by atoms with Crippen molar-refractivity contribution in [3.05, 3.63) is 63.7 Å². The maximum Gasteiger partial charge on any atom is 0.253 e. The molecular formula is C25H26BrClN4O4. The zero-order chi connectivity index (χ0) is 24.9. The molecule has 184 valence electrons. The first-order chi connectivity index (χ1) is 16.9. The van der Waals surface area contributed by atoms with E-state index in [9.17, 15) is 14.4 Å². The third-order valence-electron chi connectivity index (χ3n) is 5.87. The van der Waals surface area contributed by atoms with Crippen LogP contribution in [0.1, 0.15) is 23.7 Å². The van der Waals surface area contributed by atoms with E-state index >= 15 is 0 Å². The molecule has 0 bridgehead atoms. The van der Waals surface area contributed by atoms with E-state index in [0.717, 1.165) is 21.8 Å². The first-order valence-corrected chi connectivity index (χ1v) is 12.5. The number of nitrogens with one attached hydrogen (secondary N) is 2. The topological polar surface area (TPSA) is 92.7 Å². The smallest absolute Gasteiger partial charge is 0.253 e. The predicted molar refractivity (Wildman–Crippen MR) is 138 cm³/mol. The minimum Gasteiger partial charge on any atom is -0.489 e. The highest BCUT2D eigenvalue weighted by Crippen LogP contribution is 2.26. The van der Waals surface area contributed by atoms with Crippen LogP contribution in [0.25, 0.3) is 10.9 Å². The minimum absolute atomic E-state index is 0.0445. The van der Waals surface area contributed by atoms with Crippen LogP contribution in [-0.4, -0.2) is 59.5 Å². The van der Waals surface area contributed by atoms with Gasteiger partial charge in [0.1, 0.15) is 18.4 Å². The van der Waals surface area contributed by atoms with E-state index in [-0.39, 0.29) is 30.5 Å². The van der Waals surface area contributed by atoms with Gasteiger partial charge in [-0.05, 0) is 42.8 Å². The number of halogens is 2. The summed E-state index contributed by atoms with van der Waals surface area (Å²) in [6, 6.07) is 12.7. The molecule has 1 aliphatic heterocycles. The van der Waals surface area contributed by atoms with Crippen molar-refractivity contribution in [3.63, 3.8) is 0 Å². The molecule has 0 spiro atoms. The van der Waals surface area contributed by atoms with Crippen molar-refractivity contribution < 1.29 is 19.1 Å². The maximum atomic E-state index is 13.1. The Kier molecular flexibility index (Phi) is 7.97. The van der Waals surface area contributed by atoms with E-state index in [4.69, 9.17) is 16.3 Å². The lowest BCUT2D eigenvalue weighted by Crippen LogP contribution is -2.58. The molecule has 0 aliphatic carbocycles. The summed E-state index contributed by atoms with van der Waals surface area (Å²) in [6.07, 6.45) is 2.94. The van der Waals surface area contributed by atoms with Gasteiger partial charge in [-0.1, -0.05) is 40.5 Å². The lowest BCUT2D eigenvalue weighted by molar-refractivity contribution is -0.128.